The fourth-order valence-electron chi connectivity index (χ4n) is 3.43. The molecule has 3 aromatic rings. The molecule has 6 heteroatoms. The van der Waals surface area contributed by atoms with E-state index in [1.165, 1.54) is 0 Å². The maximum Gasteiger partial charge on any atom is 0.326 e. The summed E-state index contributed by atoms with van der Waals surface area (Å²) in [6.45, 7) is 0. The van der Waals surface area contributed by atoms with Crippen LogP contribution in [0.1, 0.15) is 24.0 Å². The van der Waals surface area contributed by atoms with Gasteiger partial charge in [-0.2, -0.15) is 0 Å². The number of hydrogen-bond donors (Lipinski definition) is 3. The van der Waals surface area contributed by atoms with Crippen molar-refractivity contribution in [3.05, 3.63) is 66.0 Å². The van der Waals surface area contributed by atoms with E-state index in [-0.39, 0.29) is 12.3 Å². The molecule has 0 radical (unpaired) electrons. The Morgan fingerprint density at radius 1 is 1.19 bits per heavy atom. The second-order valence-corrected chi connectivity index (χ2v) is 6.73. The number of benzene rings is 1. The molecule has 1 amide bonds. The van der Waals surface area contributed by atoms with Crippen LogP contribution in [0.3, 0.4) is 0 Å². The van der Waals surface area contributed by atoms with Gasteiger partial charge >= 0.3 is 5.97 Å². The highest BCUT2D eigenvalue weighted by Gasteiger charge is 2.51. The van der Waals surface area contributed by atoms with Gasteiger partial charge in [0.05, 0.1) is 5.41 Å². The van der Waals surface area contributed by atoms with Gasteiger partial charge in [-0.3, -0.25) is 4.79 Å². The van der Waals surface area contributed by atoms with E-state index in [0.29, 0.717) is 5.65 Å². The smallest absolute Gasteiger partial charge is 0.326 e. The third-order valence-corrected chi connectivity index (χ3v) is 5.08. The Kier molecular flexibility index (Phi) is 3.95. The largest absolute Gasteiger partial charge is 0.480 e. The molecule has 132 valence electrons. The van der Waals surface area contributed by atoms with Crippen LogP contribution < -0.4 is 5.32 Å². The quantitative estimate of drug-likeness (QED) is 0.637. The van der Waals surface area contributed by atoms with Crippen molar-refractivity contribution in [1.82, 2.24) is 15.3 Å². The van der Waals surface area contributed by atoms with Gasteiger partial charge in [0.25, 0.3) is 0 Å². The molecule has 1 aliphatic rings. The predicted octanol–water partition coefficient (Wildman–Crippen LogP) is 2.41. The zero-order valence-electron chi connectivity index (χ0n) is 14.1. The van der Waals surface area contributed by atoms with E-state index in [2.05, 4.69) is 15.3 Å². The molecule has 1 fully saturated rings. The van der Waals surface area contributed by atoms with Crippen LogP contribution in [0.5, 0.6) is 0 Å². The van der Waals surface area contributed by atoms with Gasteiger partial charge < -0.3 is 15.4 Å². The van der Waals surface area contributed by atoms with Crippen molar-refractivity contribution in [2.24, 2.45) is 0 Å². The van der Waals surface area contributed by atoms with Gasteiger partial charge in [-0.15, -0.1) is 0 Å². The number of rotatable bonds is 6. The molecule has 2 heterocycles. The summed E-state index contributed by atoms with van der Waals surface area (Å²) in [5.74, 6) is -1.26. The number of carboxylic acid groups (broad SMARTS) is 1. The van der Waals surface area contributed by atoms with Crippen molar-refractivity contribution in [2.75, 3.05) is 0 Å². The van der Waals surface area contributed by atoms with E-state index in [1.54, 1.807) is 12.4 Å². The van der Waals surface area contributed by atoms with Gasteiger partial charge in [-0.1, -0.05) is 30.3 Å². The second kappa shape index (κ2) is 6.29. The van der Waals surface area contributed by atoms with E-state index >= 15 is 0 Å². The Balaban J connectivity index is 1.54. The first-order valence-corrected chi connectivity index (χ1v) is 8.60. The molecular formula is C20H19N3O3. The van der Waals surface area contributed by atoms with Crippen LogP contribution >= 0.6 is 0 Å². The molecule has 0 spiro atoms. The second-order valence-electron chi connectivity index (χ2n) is 6.73. The van der Waals surface area contributed by atoms with E-state index in [0.717, 1.165) is 29.4 Å². The molecule has 4 rings (SSSR count). The summed E-state index contributed by atoms with van der Waals surface area (Å²) in [6.07, 6.45) is 5.12. The van der Waals surface area contributed by atoms with Crippen molar-refractivity contribution < 1.29 is 14.7 Å². The first-order chi connectivity index (χ1) is 12.6. The topological polar surface area (TPSA) is 95.1 Å². The van der Waals surface area contributed by atoms with Crippen LogP contribution in [0.4, 0.5) is 0 Å². The van der Waals surface area contributed by atoms with Crippen molar-refractivity contribution in [3.63, 3.8) is 0 Å². The van der Waals surface area contributed by atoms with Gasteiger partial charge in [-0.05, 0) is 36.1 Å². The Bertz CT molecular complexity index is 961. The Morgan fingerprint density at radius 2 is 1.96 bits per heavy atom. The first-order valence-electron chi connectivity index (χ1n) is 8.60. The Hall–Kier alpha value is -3.15. The normalized spacial score (nSPS) is 16.2. The van der Waals surface area contributed by atoms with Crippen LogP contribution in [0.25, 0.3) is 11.0 Å². The molecular weight excluding hydrogens is 330 g/mol. The number of pyridine rings is 1. The molecule has 3 N–H and O–H groups in total. The van der Waals surface area contributed by atoms with Gasteiger partial charge in [0, 0.05) is 24.2 Å². The predicted molar refractivity (Wildman–Crippen MR) is 96.7 cm³/mol. The number of fused-ring (bicyclic) bond motifs is 1. The summed E-state index contributed by atoms with van der Waals surface area (Å²) >= 11 is 0. The molecule has 0 bridgehead atoms. The molecule has 1 aromatic carbocycles. The zero-order chi connectivity index (χ0) is 18.1. The van der Waals surface area contributed by atoms with Crippen LogP contribution in [-0.4, -0.2) is 33.0 Å². The molecule has 2 aromatic heterocycles. The molecule has 0 aliphatic heterocycles. The molecule has 1 atom stereocenters. The SMILES string of the molecule is O=C(O)C(Cc1c[nH]c2ncccc12)NC(=O)C1(c2ccccc2)CC1. The number of H-pyrrole nitrogens is 1. The van der Waals surface area contributed by atoms with Gasteiger partial charge in [-0.25, -0.2) is 9.78 Å². The summed E-state index contributed by atoms with van der Waals surface area (Å²) in [5.41, 5.74) is 1.89. The Morgan fingerprint density at radius 3 is 2.65 bits per heavy atom. The summed E-state index contributed by atoms with van der Waals surface area (Å²) in [5, 5.41) is 13.2. The number of hydrogen-bond acceptors (Lipinski definition) is 3. The van der Waals surface area contributed by atoms with Crippen LogP contribution in [0, 0.1) is 0 Å². The van der Waals surface area contributed by atoms with Crippen LogP contribution in [0.15, 0.2) is 54.9 Å². The number of nitrogens with one attached hydrogen (secondary N) is 2. The van der Waals surface area contributed by atoms with Gasteiger partial charge in [0.1, 0.15) is 11.7 Å². The maximum atomic E-state index is 12.8. The van der Waals surface area contributed by atoms with Crippen molar-refractivity contribution >= 4 is 22.9 Å². The highest BCUT2D eigenvalue weighted by molar-refractivity contribution is 5.94. The summed E-state index contributed by atoms with van der Waals surface area (Å²) in [4.78, 5) is 31.8. The minimum atomic E-state index is -1.04. The average Bonchev–Trinajstić information content (AvgIpc) is 3.38. The fraction of sp³-hybridized carbons (Fsp3) is 0.250. The average molecular weight is 349 g/mol. The fourth-order valence-corrected chi connectivity index (χ4v) is 3.43. The molecule has 1 unspecified atom stereocenters. The minimum absolute atomic E-state index is 0.206. The highest BCUT2D eigenvalue weighted by atomic mass is 16.4. The lowest BCUT2D eigenvalue weighted by Crippen LogP contribution is -2.46. The number of aromatic nitrogens is 2. The third kappa shape index (κ3) is 2.83. The number of nitrogens with zero attached hydrogens (tertiary/aromatic N) is 1. The van der Waals surface area contributed by atoms with Crippen LogP contribution in [0.2, 0.25) is 0 Å². The lowest BCUT2D eigenvalue weighted by Gasteiger charge is -2.20. The highest BCUT2D eigenvalue weighted by Crippen LogP contribution is 2.48. The molecule has 0 saturated heterocycles. The molecule has 26 heavy (non-hydrogen) atoms. The number of carbonyl (C=O) groups excluding carboxylic acids is 1. The van der Waals surface area contributed by atoms with Crippen molar-refractivity contribution in [2.45, 2.75) is 30.7 Å². The summed E-state index contributed by atoms with van der Waals surface area (Å²) < 4.78 is 0. The monoisotopic (exact) mass is 349 g/mol. The number of aliphatic carboxylic acids is 1. The minimum Gasteiger partial charge on any atom is -0.480 e. The Labute approximate surface area is 150 Å². The lowest BCUT2D eigenvalue weighted by molar-refractivity contribution is -0.142. The zero-order valence-corrected chi connectivity index (χ0v) is 14.1. The standard InChI is InChI=1S/C20H19N3O3/c24-18(25)16(11-13-12-22-17-15(13)7-4-10-21-17)23-19(26)20(8-9-20)14-5-2-1-3-6-14/h1-7,10,12,16H,8-9,11H2,(H,21,22)(H,23,26)(H,24,25). The number of carbonyl (C=O) groups is 2. The summed E-state index contributed by atoms with van der Waals surface area (Å²) in [7, 11) is 0. The molecule has 1 saturated carbocycles. The van der Waals surface area contributed by atoms with E-state index in [4.69, 9.17) is 0 Å². The van der Waals surface area contributed by atoms with Crippen molar-refractivity contribution in [1.29, 1.82) is 0 Å². The lowest BCUT2D eigenvalue weighted by atomic mass is 9.94. The van der Waals surface area contributed by atoms with Crippen molar-refractivity contribution in [3.8, 4) is 0 Å². The van der Waals surface area contributed by atoms with E-state index < -0.39 is 17.4 Å². The van der Waals surface area contributed by atoms with Gasteiger partial charge in [0.15, 0.2) is 0 Å². The number of amides is 1. The first kappa shape index (κ1) is 16.3. The van der Waals surface area contributed by atoms with E-state index in [1.807, 2.05) is 42.5 Å². The maximum absolute atomic E-state index is 12.8. The van der Waals surface area contributed by atoms with E-state index in [9.17, 15) is 14.7 Å². The van der Waals surface area contributed by atoms with Crippen LogP contribution in [-0.2, 0) is 21.4 Å². The number of carboxylic acids is 1. The molecule has 6 nitrogen and oxygen atoms in total. The summed E-state index contributed by atoms with van der Waals surface area (Å²) in [6, 6.07) is 12.3. The number of aromatic amines is 1. The van der Waals surface area contributed by atoms with Gasteiger partial charge in [0.2, 0.25) is 5.91 Å². The third-order valence-electron chi connectivity index (χ3n) is 5.08. The molecule has 1 aliphatic carbocycles.